The molecule has 0 aromatic heterocycles. The first-order chi connectivity index (χ1) is 8.04. The largest absolute Gasteiger partial charge is 0.483 e. The number of benzene rings is 1. The predicted octanol–water partition coefficient (Wildman–Crippen LogP) is 2.46. The normalized spacial score (nSPS) is 13.6. The van der Waals surface area contributed by atoms with Gasteiger partial charge >= 0.3 is 6.98 Å². The van der Waals surface area contributed by atoms with Crippen molar-refractivity contribution in [1.29, 1.82) is 0 Å². The molecule has 1 aromatic rings. The van der Waals surface area contributed by atoms with Gasteiger partial charge in [0.05, 0.1) is 13.2 Å². The first-order valence-electron chi connectivity index (χ1n) is 5.46. The summed E-state index contributed by atoms with van der Waals surface area (Å²) in [6.45, 7) is -5.64. The zero-order valence-electron chi connectivity index (χ0n) is 9.36. The lowest BCUT2D eigenvalue weighted by Crippen LogP contribution is -2.30. The molecule has 0 aliphatic carbocycles. The predicted molar refractivity (Wildman–Crippen MR) is 60.9 cm³/mol. The van der Waals surface area contributed by atoms with Crippen LogP contribution in [0.5, 0.6) is 0 Å². The van der Waals surface area contributed by atoms with E-state index in [4.69, 9.17) is 9.84 Å². The van der Waals surface area contributed by atoms with Gasteiger partial charge in [0.2, 0.25) is 0 Å². The van der Waals surface area contributed by atoms with Crippen LogP contribution in [0.4, 0.5) is 12.9 Å². The van der Waals surface area contributed by atoms with Crippen LogP contribution in [-0.2, 0) is 11.2 Å². The Morgan fingerprint density at radius 2 is 1.82 bits per heavy atom. The van der Waals surface area contributed by atoms with Crippen LogP contribution in [-0.4, -0.2) is 31.9 Å². The SMILES string of the molecule is OCCOCC(Cc1ccccc1)[B-](F)(F)F. The molecule has 0 aliphatic rings. The van der Waals surface area contributed by atoms with Crippen molar-refractivity contribution in [3.8, 4) is 0 Å². The number of ether oxygens (including phenoxy) is 1. The summed E-state index contributed by atoms with van der Waals surface area (Å²) in [5.41, 5.74) is 0.643. The standard InChI is InChI=1S/C11H15BF3O2/c13-12(14,15)11(9-17-7-6-16)8-10-4-2-1-3-5-10/h1-5,11,16H,6-9H2/q-1. The van der Waals surface area contributed by atoms with Gasteiger partial charge in [-0.2, -0.15) is 0 Å². The van der Waals surface area contributed by atoms with Crippen molar-refractivity contribution in [2.24, 2.45) is 0 Å². The van der Waals surface area contributed by atoms with E-state index in [1.807, 2.05) is 0 Å². The lowest BCUT2D eigenvalue weighted by atomic mass is 9.70. The Labute approximate surface area is 98.5 Å². The highest BCUT2D eigenvalue weighted by Gasteiger charge is 2.34. The Balaban J connectivity index is 2.58. The molecule has 0 aliphatic heterocycles. The summed E-state index contributed by atoms with van der Waals surface area (Å²) in [5.74, 6) is -1.47. The molecule has 1 unspecified atom stereocenters. The minimum absolute atomic E-state index is 0.0581. The Kier molecular flexibility index (Phi) is 5.51. The smallest absolute Gasteiger partial charge is 0.449 e. The fourth-order valence-electron chi connectivity index (χ4n) is 1.52. The fraction of sp³-hybridized carbons (Fsp3) is 0.455. The van der Waals surface area contributed by atoms with Gasteiger partial charge in [0, 0.05) is 6.61 Å². The van der Waals surface area contributed by atoms with E-state index in [1.165, 1.54) is 0 Å². The zero-order chi connectivity index (χ0) is 12.7. The molecular weight excluding hydrogens is 232 g/mol. The van der Waals surface area contributed by atoms with Crippen LogP contribution in [0.2, 0.25) is 5.82 Å². The molecule has 1 rings (SSSR count). The maximum Gasteiger partial charge on any atom is 0.483 e. The Hall–Kier alpha value is -1.01. The molecule has 0 spiro atoms. The van der Waals surface area contributed by atoms with E-state index in [-0.39, 0.29) is 26.2 Å². The van der Waals surface area contributed by atoms with Crippen molar-refractivity contribution in [3.05, 3.63) is 35.9 Å². The van der Waals surface area contributed by atoms with E-state index in [9.17, 15) is 12.9 Å². The van der Waals surface area contributed by atoms with Gasteiger partial charge in [0.1, 0.15) is 0 Å². The van der Waals surface area contributed by atoms with Crippen LogP contribution < -0.4 is 0 Å². The molecule has 2 nitrogen and oxygen atoms in total. The quantitative estimate of drug-likeness (QED) is 0.592. The molecule has 0 amide bonds. The number of aliphatic hydroxyl groups is 1. The molecule has 17 heavy (non-hydrogen) atoms. The van der Waals surface area contributed by atoms with E-state index in [1.54, 1.807) is 30.3 Å². The third-order valence-electron chi connectivity index (χ3n) is 2.44. The number of hydrogen-bond donors (Lipinski definition) is 1. The summed E-state index contributed by atoms with van der Waals surface area (Å²) in [6.07, 6.45) is -0.0736. The first-order valence-corrected chi connectivity index (χ1v) is 5.46. The molecule has 6 heteroatoms. The van der Waals surface area contributed by atoms with Crippen LogP contribution in [0.25, 0.3) is 0 Å². The Bertz CT molecular complexity index is 316. The van der Waals surface area contributed by atoms with E-state index < -0.39 is 12.8 Å². The minimum Gasteiger partial charge on any atom is -0.449 e. The van der Waals surface area contributed by atoms with E-state index >= 15 is 0 Å². The Morgan fingerprint density at radius 3 is 2.35 bits per heavy atom. The second-order valence-electron chi connectivity index (χ2n) is 3.87. The fourth-order valence-corrected chi connectivity index (χ4v) is 1.52. The van der Waals surface area contributed by atoms with Gasteiger partial charge in [-0.25, -0.2) is 0 Å². The first kappa shape index (κ1) is 14.1. The number of aliphatic hydroxyl groups excluding tert-OH is 1. The summed E-state index contributed by atoms with van der Waals surface area (Å²) in [6, 6.07) is 8.52. The average molecular weight is 247 g/mol. The number of halogens is 3. The molecule has 0 saturated heterocycles. The topological polar surface area (TPSA) is 29.5 Å². The van der Waals surface area contributed by atoms with Crippen LogP contribution >= 0.6 is 0 Å². The minimum atomic E-state index is -4.93. The van der Waals surface area contributed by atoms with E-state index in [0.717, 1.165) is 0 Å². The summed E-state index contributed by atoms with van der Waals surface area (Å²) in [5, 5.41) is 8.47. The average Bonchev–Trinajstić information content (AvgIpc) is 2.28. The highest BCUT2D eigenvalue weighted by Crippen LogP contribution is 2.30. The molecule has 0 saturated carbocycles. The molecule has 1 N–H and O–H groups in total. The van der Waals surface area contributed by atoms with Crippen molar-refractivity contribution < 1.29 is 22.8 Å². The van der Waals surface area contributed by atoms with Gasteiger partial charge in [-0.1, -0.05) is 35.9 Å². The summed E-state index contributed by atoms with van der Waals surface area (Å²) in [7, 11) is 0. The lowest BCUT2D eigenvalue weighted by Gasteiger charge is -2.26. The third-order valence-corrected chi connectivity index (χ3v) is 2.44. The number of hydrogen-bond acceptors (Lipinski definition) is 2. The molecule has 0 heterocycles. The van der Waals surface area contributed by atoms with Crippen molar-refractivity contribution >= 4 is 6.98 Å². The van der Waals surface area contributed by atoms with Crippen molar-refractivity contribution in [1.82, 2.24) is 0 Å². The molecule has 0 radical (unpaired) electrons. The van der Waals surface area contributed by atoms with Crippen LogP contribution in [0.3, 0.4) is 0 Å². The van der Waals surface area contributed by atoms with Gasteiger partial charge in [-0.05, 0) is 12.2 Å². The highest BCUT2D eigenvalue weighted by molar-refractivity contribution is 6.60. The lowest BCUT2D eigenvalue weighted by molar-refractivity contribution is 0.0853. The molecule has 0 fully saturated rings. The second-order valence-corrected chi connectivity index (χ2v) is 3.87. The van der Waals surface area contributed by atoms with Gasteiger partial charge in [0.15, 0.2) is 0 Å². The van der Waals surface area contributed by atoms with Gasteiger partial charge in [0.25, 0.3) is 0 Å². The highest BCUT2D eigenvalue weighted by atomic mass is 19.4. The molecule has 96 valence electrons. The molecule has 0 bridgehead atoms. The maximum atomic E-state index is 12.8. The Morgan fingerprint density at radius 1 is 1.18 bits per heavy atom. The van der Waals surface area contributed by atoms with Crippen molar-refractivity contribution in [3.63, 3.8) is 0 Å². The zero-order valence-corrected chi connectivity index (χ0v) is 9.36. The van der Waals surface area contributed by atoms with Crippen molar-refractivity contribution in [2.75, 3.05) is 19.8 Å². The van der Waals surface area contributed by atoms with Crippen LogP contribution in [0, 0.1) is 0 Å². The second kappa shape index (κ2) is 6.66. The molecule has 1 aromatic carbocycles. The maximum absolute atomic E-state index is 12.8. The van der Waals surface area contributed by atoms with Crippen LogP contribution in [0.15, 0.2) is 30.3 Å². The van der Waals surface area contributed by atoms with E-state index in [0.29, 0.717) is 5.56 Å². The monoisotopic (exact) mass is 247 g/mol. The summed E-state index contributed by atoms with van der Waals surface area (Å²) >= 11 is 0. The van der Waals surface area contributed by atoms with Gasteiger partial charge in [-0.3, -0.25) is 0 Å². The van der Waals surface area contributed by atoms with Crippen molar-refractivity contribution in [2.45, 2.75) is 12.2 Å². The van der Waals surface area contributed by atoms with Gasteiger partial charge in [-0.15, -0.1) is 0 Å². The molecule has 1 atom stereocenters. The van der Waals surface area contributed by atoms with Crippen LogP contribution in [0.1, 0.15) is 5.56 Å². The molecular formula is C11H15BF3O2-. The summed E-state index contributed by atoms with van der Waals surface area (Å²) in [4.78, 5) is 0. The van der Waals surface area contributed by atoms with E-state index in [2.05, 4.69) is 0 Å². The third kappa shape index (κ3) is 5.23. The van der Waals surface area contributed by atoms with Gasteiger partial charge < -0.3 is 22.8 Å². The number of rotatable bonds is 7. The summed E-state index contributed by atoms with van der Waals surface area (Å²) < 4.78 is 43.0.